The molecule has 0 unspecified atom stereocenters. The summed E-state index contributed by atoms with van der Waals surface area (Å²) in [6, 6.07) is 9.62. The zero-order valence-corrected chi connectivity index (χ0v) is 15.0. The van der Waals surface area contributed by atoms with E-state index in [0.717, 1.165) is 4.88 Å². The first kappa shape index (κ1) is 18.2. The molecule has 0 aliphatic heterocycles. The Bertz CT molecular complexity index is 879. The zero-order valence-electron chi connectivity index (χ0n) is 14.2. The molecular weight excluding hydrogens is 355 g/mol. The van der Waals surface area contributed by atoms with Crippen LogP contribution in [0.3, 0.4) is 0 Å². The van der Waals surface area contributed by atoms with Crippen LogP contribution >= 0.6 is 11.3 Å². The summed E-state index contributed by atoms with van der Waals surface area (Å²) in [7, 11) is 0. The Morgan fingerprint density at radius 1 is 1.38 bits per heavy atom. The Labute approximate surface area is 154 Å². The number of halogens is 1. The number of nitrogens with one attached hydrogen (secondary N) is 1. The summed E-state index contributed by atoms with van der Waals surface area (Å²) in [6.07, 6.45) is 1.26. The maximum Gasteiger partial charge on any atom is 0.291 e. The van der Waals surface area contributed by atoms with Gasteiger partial charge in [-0.1, -0.05) is 12.1 Å². The SMILES string of the molecule is C[C@@H](CCCO)NC(=O)c1nc(-c2cccs2)n(-c2cccc(F)c2)n1. The van der Waals surface area contributed by atoms with Crippen LogP contribution in [-0.2, 0) is 0 Å². The van der Waals surface area contributed by atoms with E-state index in [1.165, 1.54) is 28.2 Å². The third kappa shape index (κ3) is 4.14. The van der Waals surface area contributed by atoms with Crippen LogP contribution in [0.15, 0.2) is 41.8 Å². The largest absolute Gasteiger partial charge is 0.396 e. The Hall–Kier alpha value is -2.58. The minimum Gasteiger partial charge on any atom is -0.396 e. The van der Waals surface area contributed by atoms with Crippen molar-refractivity contribution < 1.29 is 14.3 Å². The minimum atomic E-state index is -0.400. The predicted molar refractivity (Wildman–Crippen MR) is 97.9 cm³/mol. The molecule has 3 aromatic rings. The first-order valence-corrected chi connectivity index (χ1v) is 9.15. The molecule has 1 amide bonds. The summed E-state index contributed by atoms with van der Waals surface area (Å²) >= 11 is 1.46. The molecule has 0 radical (unpaired) electrons. The van der Waals surface area contributed by atoms with Crippen molar-refractivity contribution in [3.8, 4) is 16.4 Å². The normalized spacial score (nSPS) is 12.1. The Morgan fingerprint density at radius 3 is 2.92 bits per heavy atom. The number of benzene rings is 1. The molecule has 0 aliphatic carbocycles. The van der Waals surface area contributed by atoms with E-state index in [1.54, 1.807) is 12.1 Å². The average molecular weight is 374 g/mol. The van der Waals surface area contributed by atoms with E-state index in [0.29, 0.717) is 24.4 Å². The molecule has 2 aromatic heterocycles. The lowest BCUT2D eigenvalue weighted by Gasteiger charge is -2.11. The quantitative estimate of drug-likeness (QED) is 0.666. The number of nitrogens with zero attached hydrogens (tertiary/aromatic N) is 3. The first-order chi connectivity index (χ1) is 12.6. The highest BCUT2D eigenvalue weighted by Crippen LogP contribution is 2.25. The summed E-state index contributed by atoms with van der Waals surface area (Å²) in [4.78, 5) is 17.7. The number of aromatic nitrogens is 3. The van der Waals surface area contributed by atoms with E-state index in [4.69, 9.17) is 5.11 Å². The Balaban J connectivity index is 1.93. The monoisotopic (exact) mass is 374 g/mol. The lowest BCUT2D eigenvalue weighted by atomic mass is 10.2. The molecule has 136 valence electrons. The molecule has 26 heavy (non-hydrogen) atoms. The van der Waals surface area contributed by atoms with Crippen LogP contribution in [0, 0.1) is 5.82 Å². The fraction of sp³-hybridized carbons (Fsp3) is 0.278. The Morgan fingerprint density at radius 2 is 2.23 bits per heavy atom. The number of hydrogen-bond acceptors (Lipinski definition) is 5. The molecule has 1 aromatic carbocycles. The van der Waals surface area contributed by atoms with E-state index in [-0.39, 0.29) is 18.5 Å². The van der Waals surface area contributed by atoms with Crippen LogP contribution < -0.4 is 5.32 Å². The van der Waals surface area contributed by atoms with Crippen LogP contribution in [0.4, 0.5) is 4.39 Å². The molecule has 2 N–H and O–H groups in total. The van der Waals surface area contributed by atoms with Gasteiger partial charge in [-0.3, -0.25) is 4.79 Å². The highest BCUT2D eigenvalue weighted by atomic mass is 32.1. The molecule has 3 rings (SSSR count). The van der Waals surface area contributed by atoms with Crippen molar-refractivity contribution >= 4 is 17.2 Å². The van der Waals surface area contributed by atoms with Crippen molar-refractivity contribution in [2.75, 3.05) is 6.61 Å². The molecule has 6 nitrogen and oxygen atoms in total. The van der Waals surface area contributed by atoms with Crippen molar-refractivity contribution in [3.05, 3.63) is 53.4 Å². The fourth-order valence-electron chi connectivity index (χ4n) is 2.52. The van der Waals surface area contributed by atoms with Crippen LogP contribution in [0.2, 0.25) is 0 Å². The second-order valence-electron chi connectivity index (χ2n) is 5.87. The van der Waals surface area contributed by atoms with Crippen LogP contribution in [-0.4, -0.2) is 38.4 Å². The number of carbonyl (C=O) groups excluding carboxylic acids is 1. The van der Waals surface area contributed by atoms with Crippen LogP contribution in [0.5, 0.6) is 0 Å². The van der Waals surface area contributed by atoms with Gasteiger partial charge in [0.05, 0.1) is 10.6 Å². The van der Waals surface area contributed by atoms with Gasteiger partial charge in [0, 0.05) is 12.6 Å². The lowest BCUT2D eigenvalue weighted by Crippen LogP contribution is -2.33. The van der Waals surface area contributed by atoms with Crippen LogP contribution in [0.25, 0.3) is 16.4 Å². The maximum absolute atomic E-state index is 13.6. The number of carbonyl (C=O) groups is 1. The van der Waals surface area contributed by atoms with E-state index in [9.17, 15) is 9.18 Å². The molecule has 0 aliphatic rings. The zero-order chi connectivity index (χ0) is 18.5. The fourth-order valence-corrected chi connectivity index (χ4v) is 3.22. The van der Waals surface area contributed by atoms with Gasteiger partial charge in [-0.2, -0.15) is 0 Å². The van der Waals surface area contributed by atoms with E-state index in [1.807, 2.05) is 24.4 Å². The van der Waals surface area contributed by atoms with Gasteiger partial charge in [0.25, 0.3) is 5.91 Å². The first-order valence-electron chi connectivity index (χ1n) is 8.27. The summed E-state index contributed by atoms with van der Waals surface area (Å²) in [5.74, 6) is -0.283. The molecule has 0 saturated carbocycles. The van der Waals surface area contributed by atoms with Gasteiger partial charge in [0.1, 0.15) is 5.82 Å². The van der Waals surface area contributed by atoms with Gasteiger partial charge in [0.15, 0.2) is 5.82 Å². The maximum atomic E-state index is 13.6. The van der Waals surface area contributed by atoms with Gasteiger partial charge in [-0.05, 0) is 49.4 Å². The number of amides is 1. The highest BCUT2D eigenvalue weighted by Gasteiger charge is 2.20. The van der Waals surface area contributed by atoms with Crippen molar-refractivity contribution in [1.29, 1.82) is 0 Å². The molecule has 8 heteroatoms. The van der Waals surface area contributed by atoms with Crippen molar-refractivity contribution in [3.63, 3.8) is 0 Å². The number of rotatable bonds is 7. The van der Waals surface area contributed by atoms with Gasteiger partial charge in [-0.25, -0.2) is 14.1 Å². The smallest absolute Gasteiger partial charge is 0.291 e. The lowest BCUT2D eigenvalue weighted by molar-refractivity contribution is 0.0926. The standard InChI is InChI=1S/C18H19FN4O2S/c1-12(5-3-9-24)20-18(25)16-21-17(15-8-4-10-26-15)23(22-16)14-7-2-6-13(19)11-14/h2,4,6-8,10-12,24H,3,5,9H2,1H3,(H,20,25)/t12-/m0/s1. The molecule has 1 atom stereocenters. The van der Waals surface area contributed by atoms with Crippen molar-refractivity contribution in [2.45, 2.75) is 25.8 Å². The van der Waals surface area contributed by atoms with Crippen LogP contribution in [0.1, 0.15) is 30.4 Å². The number of aliphatic hydroxyl groups excluding tert-OH is 1. The van der Waals surface area contributed by atoms with E-state index >= 15 is 0 Å². The number of hydrogen-bond donors (Lipinski definition) is 2. The second kappa shape index (κ2) is 8.20. The molecule has 2 heterocycles. The molecule has 0 spiro atoms. The Kier molecular flexibility index (Phi) is 5.75. The van der Waals surface area contributed by atoms with Gasteiger partial charge in [-0.15, -0.1) is 16.4 Å². The third-order valence-electron chi connectivity index (χ3n) is 3.78. The molecule has 0 fully saturated rings. The number of thiophene rings is 1. The second-order valence-corrected chi connectivity index (χ2v) is 6.82. The number of aliphatic hydroxyl groups is 1. The van der Waals surface area contributed by atoms with Gasteiger partial charge < -0.3 is 10.4 Å². The van der Waals surface area contributed by atoms with Crippen molar-refractivity contribution in [1.82, 2.24) is 20.1 Å². The summed E-state index contributed by atoms with van der Waals surface area (Å²) in [6.45, 7) is 1.94. The summed E-state index contributed by atoms with van der Waals surface area (Å²) in [5.41, 5.74) is 0.494. The molecule has 0 bridgehead atoms. The topological polar surface area (TPSA) is 80.0 Å². The highest BCUT2D eigenvalue weighted by molar-refractivity contribution is 7.13. The van der Waals surface area contributed by atoms with Crippen molar-refractivity contribution in [2.24, 2.45) is 0 Å². The van der Waals surface area contributed by atoms with Gasteiger partial charge in [0.2, 0.25) is 5.82 Å². The molecule has 0 saturated heterocycles. The van der Waals surface area contributed by atoms with E-state index in [2.05, 4.69) is 15.4 Å². The molecular formula is C18H19FN4O2S. The summed E-state index contributed by atoms with van der Waals surface area (Å²) in [5, 5.41) is 17.9. The minimum absolute atomic E-state index is 0.0218. The predicted octanol–water partition coefficient (Wildman–Crippen LogP) is 3.03. The van der Waals surface area contributed by atoms with Gasteiger partial charge >= 0.3 is 0 Å². The third-order valence-corrected chi connectivity index (χ3v) is 4.64. The average Bonchev–Trinajstić information content (AvgIpc) is 3.29. The van der Waals surface area contributed by atoms with E-state index < -0.39 is 11.7 Å². The summed E-state index contributed by atoms with van der Waals surface area (Å²) < 4.78 is 15.1.